The fourth-order valence-electron chi connectivity index (χ4n) is 0.601. The Hall–Kier alpha value is -0.610. The van der Waals surface area contributed by atoms with Gasteiger partial charge in [0.25, 0.3) is 0 Å². The van der Waals surface area contributed by atoms with E-state index in [1.54, 1.807) is 0 Å². The number of rotatable bonds is 5. The van der Waals surface area contributed by atoms with E-state index < -0.39 is 11.5 Å². The average molecular weight is 194 g/mol. The molecule has 0 saturated heterocycles. The minimum Gasteiger partial charge on any atom is -0.438 e. The number of carbonyl (C=O) groups is 2. The van der Waals surface area contributed by atoms with Crippen molar-refractivity contribution in [3.8, 4) is 0 Å². The van der Waals surface area contributed by atoms with Gasteiger partial charge in [-0.15, -0.1) is 0 Å². The van der Waals surface area contributed by atoms with Crippen LogP contribution in [0.3, 0.4) is 0 Å². The molecule has 0 aromatic heterocycles. The molecule has 0 aliphatic rings. The van der Waals surface area contributed by atoms with Gasteiger partial charge in [0.05, 0.1) is 0 Å². The Kier molecular flexibility index (Phi) is 5.66. The van der Waals surface area contributed by atoms with Crippen LogP contribution in [0.5, 0.6) is 0 Å². The summed E-state index contributed by atoms with van der Waals surface area (Å²) in [6.07, 6.45) is 0.807. The second-order valence-corrected chi connectivity index (χ2v) is 2.68. The molecule has 0 aliphatic heterocycles. The van der Waals surface area contributed by atoms with Gasteiger partial charge >= 0.3 is 5.97 Å². The van der Waals surface area contributed by atoms with Crippen LogP contribution in [0.25, 0.3) is 0 Å². The van der Waals surface area contributed by atoms with E-state index in [0.717, 1.165) is 0 Å². The van der Waals surface area contributed by atoms with Gasteiger partial charge in [0.2, 0.25) is 5.56 Å². The summed E-state index contributed by atoms with van der Waals surface area (Å²) in [5.41, 5.74) is 4.02. The molecule has 2 N–H and O–H groups in total. The summed E-state index contributed by atoms with van der Waals surface area (Å²) in [6, 6.07) is 0. The van der Waals surface area contributed by atoms with E-state index in [2.05, 4.69) is 4.74 Å². The molecule has 0 radical (unpaired) electrons. The van der Waals surface area contributed by atoms with Crippen molar-refractivity contribution in [1.82, 2.24) is 0 Å². The highest BCUT2D eigenvalue weighted by Crippen LogP contribution is 2.04. The lowest BCUT2D eigenvalue weighted by atomic mass is 10.2. The van der Waals surface area contributed by atoms with Crippen molar-refractivity contribution in [3.05, 3.63) is 0 Å². The Balaban J connectivity index is 3.69. The monoisotopic (exact) mass is 193 g/mol. The van der Waals surface area contributed by atoms with Crippen molar-refractivity contribution in [2.45, 2.75) is 25.3 Å². The summed E-state index contributed by atoms with van der Waals surface area (Å²) in [4.78, 5) is 21.3. The lowest BCUT2D eigenvalue weighted by Gasteiger charge is -2.07. The smallest absolute Gasteiger partial charge is 0.304 e. The molecular weight excluding hydrogens is 182 g/mol. The SMILES string of the molecule is CC(=O)O[C@@H](Cl)C(=O)CCCN. The lowest BCUT2D eigenvalue weighted by molar-refractivity contribution is -0.148. The number of alkyl halides is 1. The topological polar surface area (TPSA) is 69.4 Å². The van der Waals surface area contributed by atoms with E-state index in [1.807, 2.05) is 0 Å². The van der Waals surface area contributed by atoms with E-state index in [0.29, 0.717) is 13.0 Å². The minimum absolute atomic E-state index is 0.248. The van der Waals surface area contributed by atoms with Gasteiger partial charge in [-0.25, -0.2) is 0 Å². The van der Waals surface area contributed by atoms with Crippen LogP contribution in [-0.2, 0) is 14.3 Å². The molecule has 0 aromatic carbocycles. The molecule has 1 atom stereocenters. The number of esters is 1. The normalized spacial score (nSPS) is 12.2. The lowest BCUT2D eigenvalue weighted by Crippen LogP contribution is -2.21. The van der Waals surface area contributed by atoms with Crippen molar-refractivity contribution < 1.29 is 14.3 Å². The molecule has 0 unspecified atom stereocenters. The molecule has 0 heterocycles. The third-order valence-electron chi connectivity index (χ3n) is 1.15. The van der Waals surface area contributed by atoms with E-state index in [-0.39, 0.29) is 12.2 Å². The summed E-state index contributed by atoms with van der Waals surface area (Å²) < 4.78 is 4.45. The second kappa shape index (κ2) is 5.97. The zero-order valence-electron chi connectivity index (χ0n) is 6.88. The van der Waals surface area contributed by atoms with E-state index in [1.165, 1.54) is 6.92 Å². The molecule has 0 amide bonds. The van der Waals surface area contributed by atoms with Crippen molar-refractivity contribution in [2.24, 2.45) is 5.73 Å². The molecular formula is C7H12ClNO3. The number of nitrogens with two attached hydrogens (primary N) is 1. The molecule has 0 saturated carbocycles. The van der Waals surface area contributed by atoms with Crippen molar-refractivity contribution in [3.63, 3.8) is 0 Å². The van der Waals surface area contributed by atoms with E-state index in [9.17, 15) is 9.59 Å². The third-order valence-corrected chi connectivity index (χ3v) is 1.48. The van der Waals surface area contributed by atoms with Crippen LogP contribution >= 0.6 is 11.6 Å². The number of ether oxygens (including phenoxy) is 1. The number of hydrogen-bond donors (Lipinski definition) is 1. The molecule has 0 bridgehead atoms. The Morgan fingerprint density at radius 1 is 1.58 bits per heavy atom. The van der Waals surface area contributed by atoms with Crippen LogP contribution in [0.2, 0.25) is 0 Å². The Morgan fingerprint density at radius 3 is 2.58 bits per heavy atom. The number of Topliss-reactive ketones (excluding diaryl/α,β-unsaturated/α-hetero) is 1. The van der Waals surface area contributed by atoms with Gasteiger partial charge in [0.15, 0.2) is 5.78 Å². The quantitative estimate of drug-likeness (QED) is 0.508. The summed E-state index contributed by atoms with van der Waals surface area (Å²) in [5, 5.41) is 0. The highest BCUT2D eigenvalue weighted by Gasteiger charge is 2.16. The maximum absolute atomic E-state index is 11.0. The summed E-state index contributed by atoms with van der Waals surface area (Å²) in [5.74, 6) is -0.867. The maximum Gasteiger partial charge on any atom is 0.304 e. The highest BCUT2D eigenvalue weighted by atomic mass is 35.5. The van der Waals surface area contributed by atoms with Gasteiger partial charge in [-0.2, -0.15) is 0 Å². The maximum atomic E-state index is 11.0. The summed E-state index contributed by atoms with van der Waals surface area (Å²) in [6.45, 7) is 1.63. The predicted octanol–water partition coefficient (Wildman–Crippen LogP) is 0.422. The van der Waals surface area contributed by atoms with E-state index >= 15 is 0 Å². The zero-order chi connectivity index (χ0) is 9.56. The number of halogens is 1. The predicted molar refractivity (Wildman–Crippen MR) is 44.7 cm³/mol. The van der Waals surface area contributed by atoms with Crippen LogP contribution in [0.1, 0.15) is 19.8 Å². The first kappa shape index (κ1) is 11.4. The zero-order valence-corrected chi connectivity index (χ0v) is 7.63. The first-order chi connectivity index (χ1) is 5.57. The van der Waals surface area contributed by atoms with Crippen LogP contribution < -0.4 is 5.73 Å². The van der Waals surface area contributed by atoms with Gasteiger partial charge in [-0.3, -0.25) is 9.59 Å². The van der Waals surface area contributed by atoms with Crippen LogP contribution in [0.4, 0.5) is 0 Å². The Morgan fingerprint density at radius 2 is 2.17 bits per heavy atom. The molecule has 0 aliphatic carbocycles. The highest BCUT2D eigenvalue weighted by molar-refractivity contribution is 6.30. The molecule has 12 heavy (non-hydrogen) atoms. The number of carbonyl (C=O) groups excluding carboxylic acids is 2. The fraction of sp³-hybridized carbons (Fsp3) is 0.714. The third kappa shape index (κ3) is 5.09. The summed E-state index contributed by atoms with van der Waals surface area (Å²) in [7, 11) is 0. The first-order valence-corrected chi connectivity index (χ1v) is 4.05. The van der Waals surface area contributed by atoms with Gasteiger partial charge < -0.3 is 10.5 Å². The van der Waals surface area contributed by atoms with Crippen molar-refractivity contribution >= 4 is 23.4 Å². The molecule has 0 fully saturated rings. The standard InChI is InChI=1S/C7H12ClNO3/c1-5(10)12-7(8)6(11)3-2-4-9/h7H,2-4,9H2,1H3/t7-/m1/s1. The van der Waals surface area contributed by atoms with Crippen molar-refractivity contribution in [1.29, 1.82) is 0 Å². The second-order valence-electron chi connectivity index (χ2n) is 2.28. The van der Waals surface area contributed by atoms with Gasteiger partial charge in [-0.1, -0.05) is 11.6 Å². The Labute approximate surface area is 76.0 Å². The van der Waals surface area contributed by atoms with Gasteiger partial charge in [0, 0.05) is 13.3 Å². The molecule has 0 aromatic rings. The molecule has 0 rings (SSSR count). The molecule has 0 spiro atoms. The molecule has 5 heteroatoms. The van der Waals surface area contributed by atoms with Crippen LogP contribution in [-0.4, -0.2) is 23.9 Å². The molecule has 4 nitrogen and oxygen atoms in total. The Bertz CT molecular complexity index is 172. The fourth-order valence-corrected chi connectivity index (χ4v) is 0.836. The number of hydrogen-bond acceptors (Lipinski definition) is 4. The summed E-state index contributed by atoms with van der Waals surface area (Å²) >= 11 is 5.43. The van der Waals surface area contributed by atoms with Crippen molar-refractivity contribution in [2.75, 3.05) is 6.54 Å². The first-order valence-electron chi connectivity index (χ1n) is 3.62. The minimum atomic E-state index is -1.16. The number of ketones is 1. The van der Waals surface area contributed by atoms with Gasteiger partial charge in [-0.05, 0) is 13.0 Å². The van der Waals surface area contributed by atoms with E-state index in [4.69, 9.17) is 17.3 Å². The molecule has 70 valence electrons. The average Bonchev–Trinajstić information content (AvgIpc) is 1.98. The largest absolute Gasteiger partial charge is 0.438 e. The van der Waals surface area contributed by atoms with Crippen LogP contribution in [0.15, 0.2) is 0 Å². The van der Waals surface area contributed by atoms with Gasteiger partial charge in [0.1, 0.15) is 0 Å². The van der Waals surface area contributed by atoms with Crippen LogP contribution in [0, 0.1) is 0 Å².